The average Bonchev–Trinajstić information content (AvgIpc) is 2.96. The molecule has 3 nitrogen and oxygen atoms in total. The van der Waals surface area contributed by atoms with Crippen molar-refractivity contribution in [3.05, 3.63) is 35.1 Å². The Morgan fingerprint density at radius 3 is 2.75 bits per heavy atom. The molecule has 1 aromatic carbocycles. The van der Waals surface area contributed by atoms with Crippen LogP contribution in [0, 0.1) is 12.7 Å². The first-order valence-corrected chi connectivity index (χ1v) is 7.41. The van der Waals surface area contributed by atoms with Gasteiger partial charge in [0.15, 0.2) is 0 Å². The summed E-state index contributed by atoms with van der Waals surface area (Å²) in [6, 6.07) is 5.25. The van der Waals surface area contributed by atoms with Crippen LogP contribution in [-0.2, 0) is 0 Å². The van der Waals surface area contributed by atoms with E-state index in [-0.39, 0.29) is 17.5 Å². The second-order valence-electron chi connectivity index (χ2n) is 5.52. The Morgan fingerprint density at radius 2 is 2.10 bits per heavy atom. The Balaban J connectivity index is 2.22. The summed E-state index contributed by atoms with van der Waals surface area (Å²) >= 11 is 0. The molecule has 0 heterocycles. The van der Waals surface area contributed by atoms with Crippen molar-refractivity contribution in [3.8, 4) is 0 Å². The molecular formula is C16H23FN2O. The number of nitrogens with zero attached hydrogens (tertiary/aromatic N) is 1. The van der Waals surface area contributed by atoms with Gasteiger partial charge in [-0.15, -0.1) is 0 Å². The minimum absolute atomic E-state index is 0.188. The van der Waals surface area contributed by atoms with Gasteiger partial charge in [-0.3, -0.25) is 4.79 Å². The Morgan fingerprint density at radius 1 is 1.40 bits per heavy atom. The molecule has 2 rings (SSSR count). The van der Waals surface area contributed by atoms with Gasteiger partial charge in [-0.2, -0.15) is 0 Å². The van der Waals surface area contributed by atoms with Gasteiger partial charge in [0.05, 0.1) is 5.56 Å². The number of hydrogen-bond donors (Lipinski definition) is 1. The molecule has 0 aromatic heterocycles. The molecule has 1 aliphatic rings. The van der Waals surface area contributed by atoms with Gasteiger partial charge >= 0.3 is 0 Å². The molecule has 0 unspecified atom stereocenters. The van der Waals surface area contributed by atoms with Crippen molar-refractivity contribution in [3.63, 3.8) is 0 Å². The largest absolute Gasteiger partial charge is 0.336 e. The van der Waals surface area contributed by atoms with Crippen LogP contribution in [0.2, 0.25) is 0 Å². The summed E-state index contributed by atoms with van der Waals surface area (Å²) in [4.78, 5) is 14.5. The lowest BCUT2D eigenvalue weighted by atomic mass is 10.1. The van der Waals surface area contributed by atoms with Crippen LogP contribution in [0.1, 0.15) is 48.0 Å². The van der Waals surface area contributed by atoms with Crippen LogP contribution in [0.3, 0.4) is 0 Å². The second kappa shape index (κ2) is 6.84. The fourth-order valence-corrected chi connectivity index (χ4v) is 2.89. The van der Waals surface area contributed by atoms with E-state index in [2.05, 4.69) is 0 Å². The number of hydrogen-bond acceptors (Lipinski definition) is 2. The molecule has 1 saturated carbocycles. The maximum atomic E-state index is 14.1. The molecule has 110 valence electrons. The number of carbonyl (C=O) groups excluding carboxylic acids is 1. The lowest BCUT2D eigenvalue weighted by Crippen LogP contribution is -2.40. The monoisotopic (exact) mass is 278 g/mol. The molecule has 1 amide bonds. The van der Waals surface area contributed by atoms with Gasteiger partial charge < -0.3 is 10.6 Å². The number of aryl methyl sites for hydroxylation is 1. The highest BCUT2D eigenvalue weighted by Crippen LogP contribution is 2.26. The highest BCUT2D eigenvalue weighted by atomic mass is 19.1. The van der Waals surface area contributed by atoms with Crippen molar-refractivity contribution < 1.29 is 9.18 Å². The molecule has 20 heavy (non-hydrogen) atoms. The van der Waals surface area contributed by atoms with E-state index in [0.29, 0.717) is 18.7 Å². The third kappa shape index (κ3) is 3.18. The van der Waals surface area contributed by atoms with Gasteiger partial charge in [0.2, 0.25) is 0 Å². The van der Waals surface area contributed by atoms with Crippen LogP contribution in [0.25, 0.3) is 0 Å². The SMILES string of the molecule is Cc1cccc(C(=O)N(CCCN)C2CCCC2)c1F. The number of halogens is 1. The summed E-state index contributed by atoms with van der Waals surface area (Å²) in [7, 11) is 0. The van der Waals surface area contributed by atoms with E-state index in [1.165, 1.54) is 0 Å². The first kappa shape index (κ1) is 15.0. The van der Waals surface area contributed by atoms with Gasteiger partial charge in [-0.05, 0) is 44.4 Å². The Kier molecular flexibility index (Phi) is 5.12. The first-order valence-electron chi connectivity index (χ1n) is 7.41. The Labute approximate surface area is 120 Å². The summed E-state index contributed by atoms with van der Waals surface area (Å²) in [5.74, 6) is -0.584. The van der Waals surface area contributed by atoms with Crippen LogP contribution in [-0.4, -0.2) is 29.9 Å². The van der Waals surface area contributed by atoms with E-state index in [1.807, 2.05) is 4.90 Å². The second-order valence-corrected chi connectivity index (χ2v) is 5.52. The fraction of sp³-hybridized carbons (Fsp3) is 0.562. The molecule has 2 N–H and O–H groups in total. The Hall–Kier alpha value is -1.42. The quantitative estimate of drug-likeness (QED) is 0.900. The van der Waals surface area contributed by atoms with E-state index in [0.717, 1.165) is 32.1 Å². The number of carbonyl (C=O) groups is 1. The zero-order valence-corrected chi connectivity index (χ0v) is 12.1. The third-order valence-corrected chi connectivity index (χ3v) is 4.05. The van der Waals surface area contributed by atoms with Crippen LogP contribution in [0.4, 0.5) is 4.39 Å². The predicted octanol–water partition coefficient (Wildman–Crippen LogP) is 2.87. The summed E-state index contributed by atoms with van der Waals surface area (Å²) in [6.45, 7) is 2.85. The van der Waals surface area contributed by atoms with Crippen molar-refractivity contribution >= 4 is 5.91 Å². The number of nitrogens with two attached hydrogens (primary N) is 1. The molecule has 0 saturated heterocycles. The summed E-state index contributed by atoms with van der Waals surface area (Å²) in [5, 5.41) is 0. The average molecular weight is 278 g/mol. The zero-order chi connectivity index (χ0) is 14.5. The standard InChI is InChI=1S/C16H23FN2O/c1-12-6-4-9-14(15(12)17)16(20)19(11-5-10-18)13-7-2-3-8-13/h4,6,9,13H,2-3,5,7-8,10-11,18H2,1H3. The molecule has 4 heteroatoms. The molecule has 0 aliphatic heterocycles. The normalized spacial score (nSPS) is 15.6. The van der Waals surface area contributed by atoms with Gasteiger partial charge in [0.1, 0.15) is 5.82 Å². The van der Waals surface area contributed by atoms with Crippen LogP contribution in [0.5, 0.6) is 0 Å². The van der Waals surface area contributed by atoms with Crippen molar-refractivity contribution in [1.82, 2.24) is 4.90 Å². The summed E-state index contributed by atoms with van der Waals surface area (Å²) in [5.41, 5.74) is 6.26. The molecule has 0 bridgehead atoms. The van der Waals surface area contributed by atoms with E-state index in [1.54, 1.807) is 25.1 Å². The van der Waals surface area contributed by atoms with Crippen molar-refractivity contribution in [1.29, 1.82) is 0 Å². The molecule has 0 radical (unpaired) electrons. The third-order valence-electron chi connectivity index (χ3n) is 4.05. The number of amides is 1. The van der Waals surface area contributed by atoms with Crippen LogP contribution in [0.15, 0.2) is 18.2 Å². The van der Waals surface area contributed by atoms with E-state index < -0.39 is 5.82 Å². The van der Waals surface area contributed by atoms with Crippen LogP contribution < -0.4 is 5.73 Å². The molecule has 0 spiro atoms. The van der Waals surface area contributed by atoms with E-state index >= 15 is 0 Å². The fourth-order valence-electron chi connectivity index (χ4n) is 2.89. The van der Waals surface area contributed by atoms with E-state index in [9.17, 15) is 9.18 Å². The summed E-state index contributed by atoms with van der Waals surface area (Å²) in [6.07, 6.45) is 5.09. The lowest BCUT2D eigenvalue weighted by molar-refractivity contribution is 0.0675. The van der Waals surface area contributed by atoms with E-state index in [4.69, 9.17) is 5.73 Å². The highest BCUT2D eigenvalue weighted by molar-refractivity contribution is 5.95. The minimum atomic E-state index is -0.395. The van der Waals surface area contributed by atoms with Crippen LogP contribution >= 0.6 is 0 Å². The molecule has 0 atom stereocenters. The van der Waals surface area contributed by atoms with Gasteiger partial charge in [-0.1, -0.05) is 25.0 Å². The molecule has 1 aliphatic carbocycles. The number of rotatable bonds is 5. The van der Waals surface area contributed by atoms with Crippen molar-refractivity contribution in [2.45, 2.75) is 45.1 Å². The highest BCUT2D eigenvalue weighted by Gasteiger charge is 2.28. The minimum Gasteiger partial charge on any atom is -0.336 e. The van der Waals surface area contributed by atoms with Crippen molar-refractivity contribution in [2.24, 2.45) is 5.73 Å². The molecular weight excluding hydrogens is 255 g/mol. The molecule has 1 aromatic rings. The van der Waals surface area contributed by atoms with Gasteiger partial charge in [0.25, 0.3) is 5.91 Å². The molecule has 1 fully saturated rings. The Bertz CT molecular complexity index is 470. The van der Waals surface area contributed by atoms with Gasteiger partial charge in [0, 0.05) is 12.6 Å². The topological polar surface area (TPSA) is 46.3 Å². The zero-order valence-electron chi connectivity index (χ0n) is 12.1. The summed E-state index contributed by atoms with van der Waals surface area (Å²) < 4.78 is 14.1. The van der Waals surface area contributed by atoms with Gasteiger partial charge in [-0.25, -0.2) is 4.39 Å². The predicted molar refractivity (Wildman–Crippen MR) is 78.1 cm³/mol. The number of benzene rings is 1. The first-order chi connectivity index (χ1) is 9.65. The lowest BCUT2D eigenvalue weighted by Gasteiger charge is -2.29. The maximum Gasteiger partial charge on any atom is 0.257 e. The smallest absolute Gasteiger partial charge is 0.257 e. The maximum absolute atomic E-state index is 14.1. The van der Waals surface area contributed by atoms with Crippen molar-refractivity contribution in [2.75, 3.05) is 13.1 Å².